The summed E-state index contributed by atoms with van der Waals surface area (Å²) in [5.41, 5.74) is 6.81. The van der Waals surface area contributed by atoms with Crippen molar-refractivity contribution in [3.63, 3.8) is 0 Å². The lowest BCUT2D eigenvalue weighted by molar-refractivity contribution is 0.102. The van der Waals surface area contributed by atoms with Gasteiger partial charge in [0.2, 0.25) is 0 Å². The number of nitriles is 1. The van der Waals surface area contributed by atoms with Gasteiger partial charge in [-0.3, -0.25) is 4.79 Å². The van der Waals surface area contributed by atoms with E-state index in [9.17, 15) is 4.79 Å². The van der Waals surface area contributed by atoms with Crippen molar-refractivity contribution >= 4 is 39.5 Å². The number of rotatable bonds is 2. The van der Waals surface area contributed by atoms with Gasteiger partial charge in [0, 0.05) is 5.56 Å². The molecule has 1 amide bonds. The first-order chi connectivity index (χ1) is 8.61. The van der Waals surface area contributed by atoms with Gasteiger partial charge < -0.3 is 11.1 Å². The van der Waals surface area contributed by atoms with Crippen LogP contribution in [0.25, 0.3) is 0 Å². The molecule has 0 saturated carbocycles. The molecule has 0 aliphatic rings. The van der Waals surface area contributed by atoms with Gasteiger partial charge in [0.15, 0.2) is 0 Å². The SMILES string of the molecule is N#Cc1ccsc1NC(=O)c1ccc(Cl)c(N)c1. The third-order valence-corrected chi connectivity index (χ3v) is 3.44. The molecule has 0 radical (unpaired) electrons. The largest absolute Gasteiger partial charge is 0.398 e. The van der Waals surface area contributed by atoms with Gasteiger partial charge in [-0.15, -0.1) is 11.3 Å². The summed E-state index contributed by atoms with van der Waals surface area (Å²) < 4.78 is 0. The molecule has 6 heteroatoms. The molecule has 1 aromatic heterocycles. The van der Waals surface area contributed by atoms with Crippen LogP contribution in [0.5, 0.6) is 0 Å². The smallest absolute Gasteiger partial charge is 0.256 e. The van der Waals surface area contributed by atoms with Gasteiger partial charge in [-0.2, -0.15) is 5.26 Å². The van der Waals surface area contributed by atoms with E-state index in [0.29, 0.717) is 26.8 Å². The Labute approximate surface area is 113 Å². The van der Waals surface area contributed by atoms with Gasteiger partial charge in [0.05, 0.1) is 16.3 Å². The predicted octanol–water partition coefficient (Wildman–Crippen LogP) is 3.11. The maximum Gasteiger partial charge on any atom is 0.256 e. The Morgan fingerprint density at radius 2 is 2.22 bits per heavy atom. The molecule has 0 spiro atoms. The highest BCUT2D eigenvalue weighted by Crippen LogP contribution is 2.24. The number of halogens is 1. The Balaban J connectivity index is 2.23. The first-order valence-corrected chi connectivity index (χ1v) is 6.21. The number of hydrogen-bond donors (Lipinski definition) is 2. The van der Waals surface area contributed by atoms with Crippen molar-refractivity contribution in [2.45, 2.75) is 0 Å². The normalized spacial score (nSPS) is 9.78. The topological polar surface area (TPSA) is 78.9 Å². The summed E-state index contributed by atoms with van der Waals surface area (Å²) in [6, 6.07) is 8.29. The molecular formula is C12H8ClN3OS. The highest BCUT2D eigenvalue weighted by molar-refractivity contribution is 7.14. The van der Waals surface area contributed by atoms with Crippen molar-refractivity contribution in [1.29, 1.82) is 5.26 Å². The van der Waals surface area contributed by atoms with Crippen molar-refractivity contribution in [3.05, 3.63) is 45.8 Å². The molecule has 3 N–H and O–H groups in total. The van der Waals surface area contributed by atoms with E-state index < -0.39 is 0 Å². The van der Waals surface area contributed by atoms with Gasteiger partial charge in [-0.1, -0.05) is 11.6 Å². The van der Waals surface area contributed by atoms with Crippen LogP contribution in [0.3, 0.4) is 0 Å². The summed E-state index contributed by atoms with van der Waals surface area (Å²) in [7, 11) is 0. The van der Waals surface area contributed by atoms with Crippen LogP contribution in [0.1, 0.15) is 15.9 Å². The monoisotopic (exact) mass is 277 g/mol. The van der Waals surface area contributed by atoms with Gasteiger partial charge in [0.1, 0.15) is 11.1 Å². The number of hydrogen-bond acceptors (Lipinski definition) is 4. The molecule has 0 saturated heterocycles. The molecule has 2 aromatic rings. The van der Waals surface area contributed by atoms with Gasteiger partial charge in [-0.05, 0) is 29.6 Å². The Morgan fingerprint density at radius 1 is 1.44 bits per heavy atom. The molecule has 2 rings (SSSR count). The van der Waals surface area contributed by atoms with Gasteiger partial charge in [0.25, 0.3) is 5.91 Å². The highest BCUT2D eigenvalue weighted by Gasteiger charge is 2.11. The van der Waals surface area contributed by atoms with Gasteiger partial charge in [-0.25, -0.2) is 0 Å². The molecule has 0 aliphatic heterocycles. The van der Waals surface area contributed by atoms with E-state index in [2.05, 4.69) is 5.32 Å². The molecule has 0 bridgehead atoms. The lowest BCUT2D eigenvalue weighted by Gasteiger charge is -2.05. The molecule has 0 aliphatic carbocycles. The van der Waals surface area contributed by atoms with Crippen LogP contribution in [-0.2, 0) is 0 Å². The molecule has 4 nitrogen and oxygen atoms in total. The minimum atomic E-state index is -0.322. The van der Waals surface area contributed by atoms with E-state index in [1.807, 2.05) is 6.07 Å². The third kappa shape index (κ3) is 2.45. The molecule has 1 aromatic carbocycles. The number of carbonyl (C=O) groups is 1. The summed E-state index contributed by atoms with van der Waals surface area (Å²) in [5.74, 6) is -0.322. The van der Waals surface area contributed by atoms with Crippen molar-refractivity contribution in [2.75, 3.05) is 11.1 Å². The van der Waals surface area contributed by atoms with Crippen molar-refractivity contribution < 1.29 is 4.79 Å². The second kappa shape index (κ2) is 5.08. The number of nitrogen functional groups attached to an aromatic ring is 1. The number of nitrogens with zero attached hydrogens (tertiary/aromatic N) is 1. The fraction of sp³-hybridized carbons (Fsp3) is 0. The predicted molar refractivity (Wildman–Crippen MR) is 72.9 cm³/mol. The number of nitrogens with two attached hydrogens (primary N) is 1. The second-order valence-electron chi connectivity index (χ2n) is 3.47. The quantitative estimate of drug-likeness (QED) is 0.828. The summed E-state index contributed by atoms with van der Waals surface area (Å²) in [6.45, 7) is 0. The van der Waals surface area contributed by atoms with E-state index in [0.717, 1.165) is 0 Å². The highest BCUT2D eigenvalue weighted by atomic mass is 35.5. The average molecular weight is 278 g/mol. The van der Waals surface area contributed by atoms with Gasteiger partial charge >= 0.3 is 0 Å². The molecule has 18 heavy (non-hydrogen) atoms. The molecule has 0 atom stereocenters. The van der Waals surface area contributed by atoms with Crippen LogP contribution in [-0.4, -0.2) is 5.91 Å². The lowest BCUT2D eigenvalue weighted by atomic mass is 10.2. The number of benzene rings is 1. The zero-order valence-electron chi connectivity index (χ0n) is 9.11. The number of carbonyl (C=O) groups excluding carboxylic acids is 1. The van der Waals surface area contributed by atoms with Crippen LogP contribution in [0, 0.1) is 11.3 Å². The number of amides is 1. The van der Waals surface area contributed by atoms with Crippen LogP contribution < -0.4 is 11.1 Å². The first-order valence-electron chi connectivity index (χ1n) is 4.96. The Hall–Kier alpha value is -2.03. The zero-order chi connectivity index (χ0) is 13.1. The maximum absolute atomic E-state index is 11.9. The minimum absolute atomic E-state index is 0.322. The summed E-state index contributed by atoms with van der Waals surface area (Å²) in [4.78, 5) is 11.9. The molecular weight excluding hydrogens is 270 g/mol. The number of thiophene rings is 1. The van der Waals surface area contributed by atoms with Crippen LogP contribution >= 0.6 is 22.9 Å². The zero-order valence-corrected chi connectivity index (χ0v) is 10.7. The van der Waals surface area contributed by atoms with E-state index >= 15 is 0 Å². The summed E-state index contributed by atoms with van der Waals surface area (Å²) in [6.07, 6.45) is 0. The summed E-state index contributed by atoms with van der Waals surface area (Å²) >= 11 is 7.07. The second-order valence-corrected chi connectivity index (χ2v) is 4.79. The van der Waals surface area contributed by atoms with Crippen LogP contribution in [0.15, 0.2) is 29.6 Å². The fourth-order valence-electron chi connectivity index (χ4n) is 1.35. The van der Waals surface area contributed by atoms with E-state index in [4.69, 9.17) is 22.6 Å². The van der Waals surface area contributed by atoms with Crippen molar-refractivity contribution in [2.24, 2.45) is 0 Å². The molecule has 0 unspecified atom stereocenters. The van der Waals surface area contributed by atoms with E-state index in [1.54, 1.807) is 23.6 Å². The number of anilines is 2. The number of nitrogens with one attached hydrogen (secondary N) is 1. The Morgan fingerprint density at radius 3 is 2.89 bits per heavy atom. The Bertz CT molecular complexity index is 645. The first kappa shape index (κ1) is 12.4. The average Bonchev–Trinajstić information content (AvgIpc) is 2.79. The third-order valence-electron chi connectivity index (χ3n) is 2.27. The molecule has 0 fully saturated rings. The van der Waals surface area contributed by atoms with Crippen LogP contribution in [0.4, 0.5) is 10.7 Å². The standard InChI is InChI=1S/C12H8ClN3OS/c13-9-2-1-7(5-10(9)15)11(17)16-12-8(6-14)3-4-18-12/h1-5H,15H2,(H,16,17). The van der Waals surface area contributed by atoms with Crippen molar-refractivity contribution in [1.82, 2.24) is 0 Å². The van der Waals surface area contributed by atoms with E-state index in [1.165, 1.54) is 17.4 Å². The van der Waals surface area contributed by atoms with Crippen molar-refractivity contribution in [3.8, 4) is 6.07 Å². The molecule has 1 heterocycles. The van der Waals surface area contributed by atoms with E-state index in [-0.39, 0.29) is 5.91 Å². The fourth-order valence-corrected chi connectivity index (χ4v) is 2.20. The van der Waals surface area contributed by atoms with Crippen LogP contribution in [0.2, 0.25) is 5.02 Å². The maximum atomic E-state index is 11.9. The lowest BCUT2D eigenvalue weighted by Crippen LogP contribution is -2.12. The summed E-state index contributed by atoms with van der Waals surface area (Å²) in [5, 5.41) is 14.2. The Kier molecular flexibility index (Phi) is 3.51. The molecule has 90 valence electrons. The minimum Gasteiger partial charge on any atom is -0.398 e.